The maximum Gasteiger partial charge on any atom is 0.350 e. The number of hydrogen-bond donors (Lipinski definition) is 1. The van der Waals surface area contributed by atoms with Gasteiger partial charge in [-0.15, -0.1) is 0 Å². The van der Waals surface area contributed by atoms with Gasteiger partial charge < -0.3 is 19.3 Å². The van der Waals surface area contributed by atoms with E-state index in [9.17, 15) is 9.90 Å². The van der Waals surface area contributed by atoms with Crippen LogP contribution in [0.15, 0.2) is 54.6 Å². The summed E-state index contributed by atoms with van der Waals surface area (Å²) in [6, 6.07) is 15.7. The number of para-hydroxylation sites is 2. The minimum atomic E-state index is -1.19. The topological polar surface area (TPSA) is 65.0 Å². The predicted octanol–water partition coefficient (Wildman–Crippen LogP) is 2.35. The zero-order valence-electron chi connectivity index (χ0n) is 12.4. The minimum absolute atomic E-state index is 0.357. The van der Waals surface area contributed by atoms with Gasteiger partial charge in [-0.3, -0.25) is 0 Å². The third-order valence-electron chi connectivity index (χ3n) is 3.18. The van der Waals surface area contributed by atoms with Gasteiger partial charge in [0, 0.05) is 0 Å². The molecule has 2 atom stereocenters. The highest BCUT2D eigenvalue weighted by molar-refractivity contribution is 5.76. The minimum Gasteiger partial charge on any atom is -0.493 e. The van der Waals surface area contributed by atoms with Crippen LogP contribution in [0.2, 0.25) is 0 Å². The summed E-state index contributed by atoms with van der Waals surface area (Å²) in [5.74, 6) is 0.161. The number of esters is 1. The van der Waals surface area contributed by atoms with Crippen molar-refractivity contribution in [2.45, 2.75) is 12.2 Å². The zero-order valence-corrected chi connectivity index (χ0v) is 12.4. The van der Waals surface area contributed by atoms with E-state index in [2.05, 4.69) is 0 Å². The molecular weight excluding hydrogens is 284 g/mol. The van der Waals surface area contributed by atoms with E-state index in [4.69, 9.17) is 14.2 Å². The van der Waals surface area contributed by atoms with Gasteiger partial charge in [0.05, 0.1) is 14.2 Å². The second-order valence-corrected chi connectivity index (χ2v) is 4.57. The van der Waals surface area contributed by atoms with Crippen LogP contribution in [0.3, 0.4) is 0 Å². The van der Waals surface area contributed by atoms with Crippen molar-refractivity contribution < 1.29 is 24.1 Å². The van der Waals surface area contributed by atoms with Gasteiger partial charge >= 0.3 is 5.97 Å². The van der Waals surface area contributed by atoms with E-state index in [1.165, 1.54) is 14.2 Å². The van der Waals surface area contributed by atoms with Gasteiger partial charge in [-0.25, -0.2) is 4.79 Å². The van der Waals surface area contributed by atoms with E-state index in [1.807, 2.05) is 6.07 Å². The first-order valence-corrected chi connectivity index (χ1v) is 6.78. The lowest BCUT2D eigenvalue weighted by Crippen LogP contribution is -2.35. The number of methoxy groups -OCH3 is 2. The number of carbonyl (C=O) groups excluding carboxylic acids is 1. The molecule has 0 bridgehead atoms. The van der Waals surface area contributed by atoms with Crippen molar-refractivity contribution in [2.24, 2.45) is 0 Å². The van der Waals surface area contributed by atoms with Crippen molar-refractivity contribution in [2.75, 3.05) is 14.2 Å². The number of aliphatic hydroxyl groups is 1. The molecule has 0 aliphatic heterocycles. The lowest BCUT2D eigenvalue weighted by atomic mass is 10.0. The molecular formula is C17H18O5. The second kappa shape index (κ2) is 7.47. The summed E-state index contributed by atoms with van der Waals surface area (Å²) in [4.78, 5) is 12.0. The Morgan fingerprint density at radius 1 is 0.955 bits per heavy atom. The number of rotatable bonds is 6. The zero-order chi connectivity index (χ0) is 15.9. The Labute approximate surface area is 129 Å². The van der Waals surface area contributed by atoms with Crippen LogP contribution in [0.1, 0.15) is 11.7 Å². The lowest BCUT2D eigenvalue weighted by molar-refractivity contribution is -0.154. The van der Waals surface area contributed by atoms with Crippen LogP contribution in [-0.2, 0) is 9.53 Å². The third kappa shape index (κ3) is 3.56. The number of benzene rings is 2. The Morgan fingerprint density at radius 3 is 2.14 bits per heavy atom. The fraction of sp³-hybridized carbons (Fsp3) is 0.235. The first-order chi connectivity index (χ1) is 10.7. The highest BCUT2D eigenvalue weighted by atomic mass is 16.6. The molecule has 0 aromatic heterocycles. The average molecular weight is 302 g/mol. The van der Waals surface area contributed by atoms with Crippen molar-refractivity contribution in [3.63, 3.8) is 0 Å². The van der Waals surface area contributed by atoms with Crippen LogP contribution in [0, 0.1) is 0 Å². The molecule has 0 saturated heterocycles. The standard InChI is InChI=1S/C17H18O5/c1-20-13-10-6-7-11-14(13)22-16(17(19)21-2)15(18)12-8-4-3-5-9-12/h3-11,15-16,18H,1-2H3/t15-,16-/m0/s1. The first kappa shape index (κ1) is 15.9. The van der Waals surface area contributed by atoms with E-state index in [0.29, 0.717) is 17.1 Å². The molecule has 1 N–H and O–H groups in total. The Morgan fingerprint density at radius 2 is 1.55 bits per heavy atom. The monoisotopic (exact) mass is 302 g/mol. The van der Waals surface area contributed by atoms with Gasteiger partial charge in [0.1, 0.15) is 6.10 Å². The van der Waals surface area contributed by atoms with Crippen molar-refractivity contribution in [3.8, 4) is 11.5 Å². The molecule has 0 radical (unpaired) electrons. The largest absolute Gasteiger partial charge is 0.493 e. The summed E-state index contributed by atoms with van der Waals surface area (Å²) in [7, 11) is 2.75. The van der Waals surface area contributed by atoms with Gasteiger partial charge in [-0.2, -0.15) is 0 Å². The highest BCUT2D eigenvalue weighted by Crippen LogP contribution is 2.30. The maximum atomic E-state index is 12.0. The molecule has 0 heterocycles. The summed E-state index contributed by atoms with van der Waals surface area (Å²) < 4.78 is 15.6. The number of hydrogen-bond acceptors (Lipinski definition) is 5. The first-order valence-electron chi connectivity index (χ1n) is 6.78. The van der Waals surface area contributed by atoms with Gasteiger partial charge in [-0.1, -0.05) is 42.5 Å². The van der Waals surface area contributed by atoms with E-state index >= 15 is 0 Å². The molecule has 22 heavy (non-hydrogen) atoms. The predicted molar refractivity (Wildman–Crippen MR) is 80.8 cm³/mol. The molecule has 0 spiro atoms. The smallest absolute Gasteiger partial charge is 0.350 e. The van der Waals surface area contributed by atoms with Gasteiger partial charge in [-0.05, 0) is 17.7 Å². The SMILES string of the molecule is COC(=O)[C@@H](Oc1ccccc1OC)[C@@H](O)c1ccccc1. The highest BCUT2D eigenvalue weighted by Gasteiger charge is 2.31. The second-order valence-electron chi connectivity index (χ2n) is 4.57. The van der Waals surface area contributed by atoms with E-state index in [1.54, 1.807) is 48.5 Å². The van der Waals surface area contributed by atoms with E-state index in [0.717, 1.165) is 0 Å². The van der Waals surface area contributed by atoms with Crippen LogP contribution >= 0.6 is 0 Å². The molecule has 116 valence electrons. The quantitative estimate of drug-likeness (QED) is 0.830. The molecule has 0 aliphatic carbocycles. The fourth-order valence-corrected chi connectivity index (χ4v) is 2.04. The lowest BCUT2D eigenvalue weighted by Gasteiger charge is -2.23. The molecule has 2 aromatic carbocycles. The van der Waals surface area contributed by atoms with Crippen molar-refractivity contribution >= 4 is 5.97 Å². The van der Waals surface area contributed by atoms with Crippen LogP contribution < -0.4 is 9.47 Å². The van der Waals surface area contributed by atoms with E-state index < -0.39 is 18.2 Å². The van der Waals surface area contributed by atoms with Crippen LogP contribution in [0.4, 0.5) is 0 Å². The van der Waals surface area contributed by atoms with E-state index in [-0.39, 0.29) is 0 Å². The van der Waals surface area contributed by atoms with Gasteiger partial charge in [0.15, 0.2) is 11.5 Å². The Bertz CT molecular complexity index is 611. The Kier molecular flexibility index (Phi) is 5.38. The van der Waals surface area contributed by atoms with Crippen LogP contribution in [-0.4, -0.2) is 31.4 Å². The summed E-state index contributed by atoms with van der Waals surface area (Å²) in [5.41, 5.74) is 0.563. The average Bonchev–Trinajstić information content (AvgIpc) is 2.59. The molecule has 0 saturated carbocycles. The third-order valence-corrected chi connectivity index (χ3v) is 3.18. The molecule has 0 fully saturated rings. The number of carbonyl (C=O) groups is 1. The summed E-state index contributed by atoms with van der Waals surface area (Å²) in [5, 5.41) is 10.4. The van der Waals surface area contributed by atoms with Gasteiger partial charge in [0.2, 0.25) is 6.10 Å². The molecule has 0 unspecified atom stereocenters. The molecule has 0 amide bonds. The molecule has 5 nitrogen and oxygen atoms in total. The van der Waals surface area contributed by atoms with Crippen molar-refractivity contribution in [1.29, 1.82) is 0 Å². The molecule has 2 rings (SSSR count). The molecule has 2 aromatic rings. The van der Waals surface area contributed by atoms with Crippen LogP contribution in [0.5, 0.6) is 11.5 Å². The maximum absolute atomic E-state index is 12.0. The summed E-state index contributed by atoms with van der Waals surface area (Å²) >= 11 is 0. The van der Waals surface area contributed by atoms with Crippen molar-refractivity contribution in [3.05, 3.63) is 60.2 Å². The van der Waals surface area contributed by atoms with Crippen molar-refractivity contribution in [1.82, 2.24) is 0 Å². The van der Waals surface area contributed by atoms with Crippen LogP contribution in [0.25, 0.3) is 0 Å². The number of ether oxygens (including phenoxy) is 3. The normalized spacial score (nSPS) is 13.0. The summed E-state index contributed by atoms with van der Waals surface area (Å²) in [6.45, 7) is 0. The van der Waals surface area contributed by atoms with Gasteiger partial charge in [0.25, 0.3) is 0 Å². The molecule has 0 aliphatic rings. The Hall–Kier alpha value is -2.53. The molecule has 5 heteroatoms. The Balaban J connectivity index is 2.29. The summed E-state index contributed by atoms with van der Waals surface area (Å²) in [6.07, 6.45) is -2.35. The fourth-order valence-electron chi connectivity index (χ4n) is 2.04. The number of aliphatic hydroxyl groups excluding tert-OH is 1.